The molecule has 1 fully saturated rings. The van der Waals surface area contributed by atoms with Crippen LogP contribution in [-0.4, -0.2) is 52.5 Å². The third-order valence-corrected chi connectivity index (χ3v) is 4.10. The number of hydrogen-bond acceptors (Lipinski definition) is 5. The topological polar surface area (TPSA) is 52.4 Å². The van der Waals surface area contributed by atoms with E-state index < -0.39 is 0 Å². The third-order valence-electron chi connectivity index (χ3n) is 3.87. The van der Waals surface area contributed by atoms with E-state index in [0.717, 1.165) is 37.6 Å². The predicted octanol–water partition coefficient (Wildman–Crippen LogP) is 2.31. The molecule has 0 N–H and O–H groups in total. The number of ether oxygens (including phenoxy) is 2. The number of rotatable bonds is 6. The van der Waals surface area contributed by atoms with Gasteiger partial charge >= 0.3 is 0 Å². The monoisotopic (exact) mass is 336 g/mol. The van der Waals surface area contributed by atoms with E-state index in [1.807, 2.05) is 35.9 Å². The van der Waals surface area contributed by atoms with Crippen LogP contribution in [0.3, 0.4) is 0 Å². The van der Waals surface area contributed by atoms with E-state index in [4.69, 9.17) is 21.1 Å². The molecule has 0 amide bonds. The van der Waals surface area contributed by atoms with E-state index in [9.17, 15) is 0 Å². The lowest BCUT2D eigenvalue weighted by atomic mass is 10.2. The molecule has 23 heavy (non-hydrogen) atoms. The molecule has 3 rings (SSSR count). The molecule has 1 saturated heterocycles. The summed E-state index contributed by atoms with van der Waals surface area (Å²) in [5, 5.41) is 8.76. The Morgan fingerprint density at radius 3 is 3.13 bits per heavy atom. The highest BCUT2D eigenvalue weighted by molar-refractivity contribution is 6.30. The van der Waals surface area contributed by atoms with Crippen molar-refractivity contribution in [1.82, 2.24) is 19.7 Å². The van der Waals surface area contributed by atoms with Crippen LogP contribution >= 0.6 is 11.6 Å². The smallest absolute Gasteiger partial charge is 0.163 e. The van der Waals surface area contributed by atoms with Crippen LogP contribution in [0.1, 0.15) is 18.3 Å². The average Bonchev–Trinajstić information content (AvgIpc) is 2.98. The van der Waals surface area contributed by atoms with E-state index in [-0.39, 0.29) is 6.10 Å². The van der Waals surface area contributed by atoms with Crippen LogP contribution in [0.25, 0.3) is 0 Å². The second-order valence-electron chi connectivity index (χ2n) is 5.62. The Balaban J connectivity index is 1.42. The molecule has 1 aliphatic heterocycles. The van der Waals surface area contributed by atoms with Gasteiger partial charge in [-0.3, -0.25) is 4.90 Å². The summed E-state index contributed by atoms with van der Waals surface area (Å²) in [6.45, 7) is 4.13. The van der Waals surface area contributed by atoms with Crippen LogP contribution in [0.15, 0.2) is 30.6 Å². The van der Waals surface area contributed by atoms with E-state index in [1.54, 1.807) is 6.33 Å². The van der Waals surface area contributed by atoms with Gasteiger partial charge in [-0.2, -0.15) is 0 Å². The fourth-order valence-electron chi connectivity index (χ4n) is 2.68. The van der Waals surface area contributed by atoms with Crippen LogP contribution in [0.2, 0.25) is 5.02 Å². The second-order valence-corrected chi connectivity index (χ2v) is 6.06. The molecule has 1 aliphatic rings. The molecule has 1 aromatic heterocycles. The largest absolute Gasteiger partial charge is 0.493 e. The SMILES string of the molecule is Cn1cnnc1[C@@H]1CN(CCCOc2cccc(Cl)c2)CCO1. The van der Waals surface area contributed by atoms with Gasteiger partial charge < -0.3 is 14.0 Å². The number of aromatic nitrogens is 3. The summed E-state index contributed by atoms with van der Waals surface area (Å²) in [6, 6.07) is 7.49. The minimum absolute atomic E-state index is 0.00917. The first-order chi connectivity index (χ1) is 11.2. The number of aryl methyl sites for hydroxylation is 1. The normalized spacial score (nSPS) is 19.0. The van der Waals surface area contributed by atoms with Crippen molar-refractivity contribution in [2.24, 2.45) is 7.05 Å². The van der Waals surface area contributed by atoms with Gasteiger partial charge in [-0.15, -0.1) is 10.2 Å². The molecule has 0 radical (unpaired) electrons. The van der Waals surface area contributed by atoms with Crippen molar-refractivity contribution in [2.45, 2.75) is 12.5 Å². The molecular formula is C16H21ClN4O2. The van der Waals surface area contributed by atoms with Crippen molar-refractivity contribution in [3.63, 3.8) is 0 Å². The summed E-state index contributed by atoms with van der Waals surface area (Å²) in [5.41, 5.74) is 0. The molecule has 0 bridgehead atoms. The van der Waals surface area contributed by atoms with Gasteiger partial charge in [0.2, 0.25) is 0 Å². The van der Waals surface area contributed by atoms with Gasteiger partial charge in [0.05, 0.1) is 13.2 Å². The zero-order valence-corrected chi connectivity index (χ0v) is 13.9. The summed E-state index contributed by atoms with van der Waals surface area (Å²) in [4.78, 5) is 2.38. The Hall–Kier alpha value is -1.63. The molecule has 0 spiro atoms. The van der Waals surface area contributed by atoms with Crippen LogP contribution in [0.4, 0.5) is 0 Å². The number of halogens is 1. The number of morpholine rings is 1. The summed E-state index contributed by atoms with van der Waals surface area (Å²) < 4.78 is 13.5. The molecular weight excluding hydrogens is 316 g/mol. The molecule has 7 heteroatoms. The Morgan fingerprint density at radius 2 is 2.35 bits per heavy atom. The number of hydrogen-bond donors (Lipinski definition) is 0. The fourth-order valence-corrected chi connectivity index (χ4v) is 2.86. The number of nitrogens with zero attached hydrogens (tertiary/aromatic N) is 4. The standard InChI is InChI=1S/C16H21ClN4O2/c1-20-12-18-19-16(20)15-11-21(7-9-23-15)6-3-8-22-14-5-2-4-13(17)10-14/h2,4-5,10,12,15H,3,6-9,11H2,1H3/t15-/m0/s1. The first-order valence-electron chi connectivity index (χ1n) is 7.78. The molecule has 0 aliphatic carbocycles. The minimum atomic E-state index is -0.00917. The first-order valence-corrected chi connectivity index (χ1v) is 8.16. The Morgan fingerprint density at radius 1 is 1.43 bits per heavy atom. The molecule has 1 aromatic carbocycles. The van der Waals surface area contributed by atoms with Crippen LogP contribution < -0.4 is 4.74 Å². The van der Waals surface area contributed by atoms with E-state index in [2.05, 4.69) is 15.1 Å². The van der Waals surface area contributed by atoms with Gasteiger partial charge in [0.15, 0.2) is 5.82 Å². The first kappa shape index (κ1) is 16.2. The lowest BCUT2D eigenvalue weighted by Crippen LogP contribution is -2.40. The number of benzene rings is 1. The average molecular weight is 337 g/mol. The van der Waals surface area contributed by atoms with Crippen molar-refractivity contribution in [1.29, 1.82) is 0 Å². The quantitative estimate of drug-likeness (QED) is 0.758. The van der Waals surface area contributed by atoms with E-state index in [0.29, 0.717) is 18.2 Å². The molecule has 2 aromatic rings. The van der Waals surface area contributed by atoms with Gasteiger partial charge in [-0.05, 0) is 24.6 Å². The van der Waals surface area contributed by atoms with Gasteiger partial charge in [0.25, 0.3) is 0 Å². The highest BCUT2D eigenvalue weighted by Gasteiger charge is 2.24. The van der Waals surface area contributed by atoms with Gasteiger partial charge in [0.1, 0.15) is 18.2 Å². The Bertz CT molecular complexity index is 634. The molecule has 6 nitrogen and oxygen atoms in total. The van der Waals surface area contributed by atoms with Gasteiger partial charge in [-0.25, -0.2) is 0 Å². The Kier molecular flexibility index (Phi) is 5.48. The van der Waals surface area contributed by atoms with Crippen molar-refractivity contribution < 1.29 is 9.47 Å². The van der Waals surface area contributed by atoms with Crippen LogP contribution in [0.5, 0.6) is 5.75 Å². The second kappa shape index (κ2) is 7.77. The fraction of sp³-hybridized carbons (Fsp3) is 0.500. The van der Waals surface area contributed by atoms with Gasteiger partial charge in [-0.1, -0.05) is 17.7 Å². The maximum absolute atomic E-state index is 5.94. The zero-order valence-electron chi connectivity index (χ0n) is 13.2. The van der Waals surface area contributed by atoms with Crippen molar-refractivity contribution in [3.8, 4) is 5.75 Å². The highest BCUT2D eigenvalue weighted by Crippen LogP contribution is 2.20. The Labute approximate surface area is 141 Å². The summed E-state index contributed by atoms with van der Waals surface area (Å²) in [7, 11) is 1.94. The van der Waals surface area contributed by atoms with Crippen molar-refractivity contribution in [2.75, 3.05) is 32.8 Å². The predicted molar refractivity (Wildman–Crippen MR) is 87.7 cm³/mol. The van der Waals surface area contributed by atoms with Gasteiger partial charge in [0, 0.05) is 31.7 Å². The summed E-state index contributed by atoms with van der Waals surface area (Å²) in [5.74, 6) is 1.70. The molecule has 2 heterocycles. The van der Waals surface area contributed by atoms with Crippen molar-refractivity contribution >= 4 is 11.6 Å². The minimum Gasteiger partial charge on any atom is -0.493 e. The third kappa shape index (κ3) is 4.43. The lowest BCUT2D eigenvalue weighted by molar-refractivity contribution is -0.0366. The van der Waals surface area contributed by atoms with Crippen molar-refractivity contribution in [3.05, 3.63) is 41.4 Å². The lowest BCUT2D eigenvalue weighted by Gasteiger charge is -2.32. The van der Waals surface area contributed by atoms with E-state index >= 15 is 0 Å². The maximum Gasteiger partial charge on any atom is 0.163 e. The maximum atomic E-state index is 5.94. The van der Waals surface area contributed by atoms with Crippen LogP contribution in [0, 0.1) is 0 Å². The van der Waals surface area contributed by atoms with Crippen LogP contribution in [-0.2, 0) is 11.8 Å². The summed E-state index contributed by atoms with van der Waals surface area (Å²) >= 11 is 5.94. The molecule has 0 unspecified atom stereocenters. The summed E-state index contributed by atoms with van der Waals surface area (Å²) in [6.07, 6.45) is 2.65. The zero-order chi connectivity index (χ0) is 16.1. The molecule has 124 valence electrons. The molecule has 0 saturated carbocycles. The highest BCUT2D eigenvalue weighted by atomic mass is 35.5. The molecule has 1 atom stereocenters. The van der Waals surface area contributed by atoms with E-state index in [1.165, 1.54) is 0 Å².